The maximum absolute atomic E-state index is 5.66. The number of ether oxygens (including phenoxy) is 1. The van der Waals surface area contributed by atoms with Crippen LogP contribution in [-0.2, 0) is 6.54 Å². The highest BCUT2D eigenvalue weighted by Crippen LogP contribution is 2.14. The Balaban J connectivity index is 2.51. The zero-order valence-electron chi connectivity index (χ0n) is 13.8. The van der Waals surface area contributed by atoms with E-state index in [2.05, 4.69) is 50.3 Å². The molecule has 0 aliphatic heterocycles. The summed E-state index contributed by atoms with van der Waals surface area (Å²) in [5, 5.41) is 3.64. The fourth-order valence-electron chi connectivity index (χ4n) is 2.11. The maximum atomic E-state index is 5.66. The minimum atomic E-state index is 0.226. The number of nitrogens with one attached hydrogen (secondary N) is 1. The van der Waals surface area contributed by atoms with Crippen molar-refractivity contribution in [2.24, 2.45) is 5.92 Å². The Bertz CT molecular complexity index is 371. The van der Waals surface area contributed by atoms with Gasteiger partial charge in [0.15, 0.2) is 0 Å². The van der Waals surface area contributed by atoms with E-state index in [-0.39, 0.29) is 6.10 Å². The second kappa shape index (κ2) is 8.28. The van der Waals surface area contributed by atoms with E-state index in [1.807, 2.05) is 26.0 Å². The Labute approximate surface area is 124 Å². The second-order valence-corrected chi connectivity index (χ2v) is 6.30. The van der Waals surface area contributed by atoms with Crippen molar-refractivity contribution in [2.75, 3.05) is 20.6 Å². The molecule has 0 saturated heterocycles. The van der Waals surface area contributed by atoms with Gasteiger partial charge < -0.3 is 15.0 Å². The van der Waals surface area contributed by atoms with Gasteiger partial charge in [0, 0.05) is 19.1 Å². The lowest BCUT2D eigenvalue weighted by Crippen LogP contribution is -2.41. The standard InChI is InChI=1S/C17H30N2O/c1-13(2)17(12-19(5)6)18-11-15-7-9-16(10-8-15)20-14(3)4/h7-10,13-14,17-18H,11-12H2,1-6H3. The zero-order chi connectivity index (χ0) is 15.1. The van der Waals surface area contributed by atoms with Crippen LogP contribution in [0.4, 0.5) is 0 Å². The molecule has 1 aromatic carbocycles. The van der Waals surface area contributed by atoms with Crippen molar-refractivity contribution in [1.82, 2.24) is 10.2 Å². The monoisotopic (exact) mass is 278 g/mol. The third-order valence-corrected chi connectivity index (χ3v) is 3.23. The molecular formula is C17H30N2O. The lowest BCUT2D eigenvalue weighted by atomic mass is 10.0. The molecule has 0 aliphatic carbocycles. The van der Waals surface area contributed by atoms with Gasteiger partial charge in [-0.3, -0.25) is 0 Å². The molecule has 3 nitrogen and oxygen atoms in total. The van der Waals surface area contributed by atoms with Crippen LogP contribution in [0.3, 0.4) is 0 Å². The Kier molecular flexibility index (Phi) is 7.03. The summed E-state index contributed by atoms with van der Waals surface area (Å²) in [6.07, 6.45) is 0.226. The molecule has 0 amide bonds. The SMILES string of the molecule is CC(C)Oc1ccc(CNC(CN(C)C)C(C)C)cc1. The summed E-state index contributed by atoms with van der Waals surface area (Å²) in [5.74, 6) is 1.57. The maximum Gasteiger partial charge on any atom is 0.119 e. The van der Waals surface area contributed by atoms with Crippen molar-refractivity contribution < 1.29 is 4.74 Å². The molecule has 1 N–H and O–H groups in total. The van der Waals surface area contributed by atoms with Crippen LogP contribution in [0.25, 0.3) is 0 Å². The molecule has 0 aliphatic rings. The summed E-state index contributed by atoms with van der Waals surface area (Å²) in [5.41, 5.74) is 1.30. The van der Waals surface area contributed by atoms with Gasteiger partial charge in [-0.2, -0.15) is 0 Å². The topological polar surface area (TPSA) is 24.5 Å². The molecule has 0 aromatic heterocycles. The second-order valence-electron chi connectivity index (χ2n) is 6.30. The largest absolute Gasteiger partial charge is 0.491 e. The van der Waals surface area contributed by atoms with E-state index in [9.17, 15) is 0 Å². The third-order valence-electron chi connectivity index (χ3n) is 3.23. The first kappa shape index (κ1) is 17.0. The Morgan fingerprint density at radius 1 is 1.05 bits per heavy atom. The summed E-state index contributed by atoms with van der Waals surface area (Å²) < 4.78 is 5.66. The normalized spacial score (nSPS) is 13.2. The molecule has 1 unspecified atom stereocenters. The van der Waals surface area contributed by atoms with Crippen LogP contribution in [0.15, 0.2) is 24.3 Å². The number of hydrogen-bond acceptors (Lipinski definition) is 3. The summed E-state index contributed by atoms with van der Waals surface area (Å²) in [7, 11) is 4.24. The predicted octanol–water partition coefficient (Wildman–Crippen LogP) is 3.15. The molecule has 3 heteroatoms. The minimum Gasteiger partial charge on any atom is -0.491 e. The summed E-state index contributed by atoms with van der Waals surface area (Å²) in [6, 6.07) is 8.88. The number of hydrogen-bond donors (Lipinski definition) is 1. The van der Waals surface area contributed by atoms with Gasteiger partial charge in [-0.15, -0.1) is 0 Å². The van der Waals surface area contributed by atoms with Crippen molar-refractivity contribution in [3.63, 3.8) is 0 Å². The number of benzene rings is 1. The molecule has 114 valence electrons. The first-order valence-corrected chi connectivity index (χ1v) is 7.52. The number of likely N-dealkylation sites (N-methyl/N-ethyl adjacent to an activating group) is 1. The summed E-state index contributed by atoms with van der Waals surface area (Å²) in [6.45, 7) is 10.6. The molecule has 0 saturated carbocycles. The highest BCUT2D eigenvalue weighted by atomic mass is 16.5. The quantitative estimate of drug-likeness (QED) is 0.790. The van der Waals surface area contributed by atoms with Gasteiger partial charge in [0.25, 0.3) is 0 Å². The number of nitrogens with zero attached hydrogens (tertiary/aromatic N) is 1. The molecule has 20 heavy (non-hydrogen) atoms. The van der Waals surface area contributed by atoms with Gasteiger partial charge in [0.05, 0.1) is 6.10 Å². The molecule has 0 bridgehead atoms. The van der Waals surface area contributed by atoms with Crippen molar-refractivity contribution in [3.05, 3.63) is 29.8 Å². The average molecular weight is 278 g/mol. The van der Waals surface area contributed by atoms with E-state index in [1.54, 1.807) is 0 Å². The van der Waals surface area contributed by atoms with Crippen LogP contribution in [0.1, 0.15) is 33.3 Å². The lowest BCUT2D eigenvalue weighted by molar-refractivity contribution is 0.242. The fourth-order valence-corrected chi connectivity index (χ4v) is 2.11. The number of rotatable bonds is 8. The van der Waals surface area contributed by atoms with E-state index < -0.39 is 0 Å². The first-order valence-electron chi connectivity index (χ1n) is 7.52. The average Bonchev–Trinajstić information content (AvgIpc) is 2.34. The molecule has 1 aromatic rings. The molecule has 1 atom stereocenters. The van der Waals surface area contributed by atoms with E-state index >= 15 is 0 Å². The molecule has 0 heterocycles. The van der Waals surface area contributed by atoms with Crippen LogP contribution < -0.4 is 10.1 Å². The third kappa shape index (κ3) is 6.40. The summed E-state index contributed by atoms with van der Waals surface area (Å²) in [4.78, 5) is 2.23. The van der Waals surface area contributed by atoms with Crippen LogP contribution in [0.5, 0.6) is 5.75 Å². The highest BCUT2D eigenvalue weighted by molar-refractivity contribution is 5.27. The van der Waals surface area contributed by atoms with E-state index in [0.717, 1.165) is 18.8 Å². The van der Waals surface area contributed by atoms with Crippen LogP contribution >= 0.6 is 0 Å². The highest BCUT2D eigenvalue weighted by Gasteiger charge is 2.13. The molecule has 0 radical (unpaired) electrons. The van der Waals surface area contributed by atoms with E-state index in [1.165, 1.54) is 5.56 Å². The predicted molar refractivity (Wildman–Crippen MR) is 86.2 cm³/mol. The van der Waals surface area contributed by atoms with Crippen LogP contribution in [0, 0.1) is 5.92 Å². The molecule has 1 rings (SSSR count). The van der Waals surface area contributed by atoms with Crippen LogP contribution in [0.2, 0.25) is 0 Å². The first-order chi connectivity index (χ1) is 9.38. The summed E-state index contributed by atoms with van der Waals surface area (Å²) >= 11 is 0. The lowest BCUT2D eigenvalue weighted by Gasteiger charge is -2.25. The van der Waals surface area contributed by atoms with Gasteiger partial charge in [0.2, 0.25) is 0 Å². The van der Waals surface area contributed by atoms with Gasteiger partial charge in [-0.25, -0.2) is 0 Å². The van der Waals surface area contributed by atoms with Crippen LogP contribution in [-0.4, -0.2) is 37.7 Å². The van der Waals surface area contributed by atoms with Crippen molar-refractivity contribution in [2.45, 2.75) is 46.4 Å². The van der Waals surface area contributed by atoms with Gasteiger partial charge in [-0.1, -0.05) is 26.0 Å². The fraction of sp³-hybridized carbons (Fsp3) is 0.647. The molecular weight excluding hydrogens is 248 g/mol. The zero-order valence-corrected chi connectivity index (χ0v) is 13.8. The van der Waals surface area contributed by atoms with Crippen molar-refractivity contribution in [1.29, 1.82) is 0 Å². The minimum absolute atomic E-state index is 0.226. The van der Waals surface area contributed by atoms with Crippen molar-refractivity contribution in [3.8, 4) is 5.75 Å². The molecule has 0 spiro atoms. The molecule has 0 fully saturated rings. The Morgan fingerprint density at radius 2 is 1.65 bits per heavy atom. The van der Waals surface area contributed by atoms with E-state index in [0.29, 0.717) is 12.0 Å². The Hall–Kier alpha value is -1.06. The van der Waals surface area contributed by atoms with Gasteiger partial charge in [-0.05, 0) is 51.6 Å². The van der Waals surface area contributed by atoms with Crippen molar-refractivity contribution >= 4 is 0 Å². The van der Waals surface area contributed by atoms with Gasteiger partial charge in [0.1, 0.15) is 5.75 Å². The smallest absolute Gasteiger partial charge is 0.119 e. The van der Waals surface area contributed by atoms with E-state index in [4.69, 9.17) is 4.74 Å². The Morgan fingerprint density at radius 3 is 2.10 bits per heavy atom. The van der Waals surface area contributed by atoms with Gasteiger partial charge >= 0.3 is 0 Å².